The highest BCUT2D eigenvalue weighted by atomic mass is 16.2. The Morgan fingerprint density at radius 1 is 0.955 bits per heavy atom. The maximum Gasteiger partial charge on any atom is 0.323 e. The van der Waals surface area contributed by atoms with Gasteiger partial charge in [-0.3, -0.25) is 9.59 Å². The van der Waals surface area contributed by atoms with Gasteiger partial charge in [-0.15, -0.1) is 0 Å². The summed E-state index contributed by atoms with van der Waals surface area (Å²) in [4.78, 5) is 55.5. The third-order valence-electron chi connectivity index (χ3n) is 8.71. The number of imidazole rings is 1. The van der Waals surface area contributed by atoms with Crippen LogP contribution in [0.25, 0.3) is 22.2 Å². The van der Waals surface area contributed by atoms with E-state index in [1.54, 1.807) is 18.2 Å². The quantitative estimate of drug-likeness (QED) is 0.170. The standard InChI is InChI=1S/C32H39N9O3/c33-17-20-4-6-22(7-5-20)29(42)38-28(30(43)37-25-8-9-26-27(16-25)40-32(44)39-26)15-21-2-1-3-23(14-21)24-18-35-31(36-19-24)41-12-10-34-11-13-41/h1-3,8-9,14,16,18-20,22,28,34H,4-7,10-13,15,17,33H2,(H,37,43)(H,38,42)(H2,39,40,44)/t20?,22?,28-/m0/s1. The van der Waals surface area contributed by atoms with E-state index in [0.29, 0.717) is 41.6 Å². The molecule has 0 spiro atoms. The summed E-state index contributed by atoms with van der Waals surface area (Å²) in [6, 6.07) is 12.2. The number of aromatic nitrogens is 4. The fourth-order valence-electron chi connectivity index (χ4n) is 6.11. The number of benzene rings is 2. The number of amides is 2. The van der Waals surface area contributed by atoms with Crippen LogP contribution >= 0.6 is 0 Å². The normalized spacial score (nSPS) is 19.4. The van der Waals surface area contributed by atoms with E-state index in [1.165, 1.54) is 0 Å². The van der Waals surface area contributed by atoms with Gasteiger partial charge in [-0.25, -0.2) is 14.8 Å². The number of piperazine rings is 1. The van der Waals surface area contributed by atoms with Crippen LogP contribution in [0.15, 0.2) is 59.7 Å². The highest BCUT2D eigenvalue weighted by Gasteiger charge is 2.29. The van der Waals surface area contributed by atoms with Crippen molar-refractivity contribution < 1.29 is 9.59 Å². The van der Waals surface area contributed by atoms with Crippen LogP contribution in [0.5, 0.6) is 0 Å². The van der Waals surface area contributed by atoms with E-state index in [9.17, 15) is 14.4 Å². The van der Waals surface area contributed by atoms with Crippen molar-refractivity contribution in [3.05, 3.63) is 70.9 Å². The minimum absolute atomic E-state index is 0.112. The van der Waals surface area contributed by atoms with E-state index in [1.807, 2.05) is 36.7 Å². The van der Waals surface area contributed by atoms with Gasteiger partial charge in [0.05, 0.1) is 11.0 Å². The number of nitrogens with two attached hydrogens (primary N) is 1. The van der Waals surface area contributed by atoms with Crippen molar-refractivity contribution in [1.82, 2.24) is 30.6 Å². The molecule has 2 aromatic heterocycles. The molecule has 2 aromatic carbocycles. The summed E-state index contributed by atoms with van der Waals surface area (Å²) in [6.07, 6.45) is 7.31. The second-order valence-electron chi connectivity index (χ2n) is 11.8. The molecule has 1 saturated heterocycles. The first kappa shape index (κ1) is 29.5. The highest BCUT2D eigenvalue weighted by Crippen LogP contribution is 2.28. The SMILES string of the molecule is NCC1CCC(C(=O)N[C@@H](Cc2cccc(-c3cnc(N4CCNCC4)nc3)c2)C(=O)Nc2ccc3[nH]c(=O)[nH]c3c2)CC1. The van der Waals surface area contributed by atoms with Crippen molar-refractivity contribution in [2.45, 2.75) is 38.1 Å². The first-order chi connectivity index (χ1) is 21.4. The maximum atomic E-state index is 13.7. The van der Waals surface area contributed by atoms with Gasteiger partial charge < -0.3 is 36.6 Å². The zero-order chi connectivity index (χ0) is 30.5. The van der Waals surface area contributed by atoms with E-state index in [0.717, 1.165) is 68.6 Å². The topological polar surface area (TPSA) is 174 Å². The number of rotatable bonds is 9. The third-order valence-corrected chi connectivity index (χ3v) is 8.71. The Hall–Kier alpha value is -4.55. The van der Waals surface area contributed by atoms with Crippen LogP contribution in [-0.4, -0.2) is 70.5 Å². The van der Waals surface area contributed by atoms with Crippen LogP contribution in [-0.2, 0) is 16.0 Å². The van der Waals surface area contributed by atoms with Crippen molar-refractivity contribution in [3.8, 4) is 11.1 Å². The number of nitrogens with zero attached hydrogens (tertiary/aromatic N) is 3. The Balaban J connectivity index is 1.19. The Bertz CT molecular complexity index is 1650. The number of anilines is 2. The summed E-state index contributed by atoms with van der Waals surface area (Å²) in [5.74, 6) is 0.574. The number of carbonyl (C=O) groups is 2. The minimum Gasteiger partial charge on any atom is -0.344 e. The van der Waals surface area contributed by atoms with Gasteiger partial charge in [0.15, 0.2) is 0 Å². The molecule has 4 aromatic rings. The van der Waals surface area contributed by atoms with Crippen molar-refractivity contribution in [1.29, 1.82) is 0 Å². The number of hydrogen-bond donors (Lipinski definition) is 6. The molecule has 6 rings (SSSR count). The molecular formula is C32H39N9O3. The number of H-pyrrole nitrogens is 2. The molecule has 12 heteroatoms. The van der Waals surface area contributed by atoms with Gasteiger partial charge in [0, 0.05) is 62.2 Å². The smallest absolute Gasteiger partial charge is 0.323 e. The van der Waals surface area contributed by atoms with Crippen LogP contribution in [0.1, 0.15) is 31.2 Å². The van der Waals surface area contributed by atoms with Crippen molar-refractivity contribution in [3.63, 3.8) is 0 Å². The molecule has 230 valence electrons. The fourth-order valence-corrected chi connectivity index (χ4v) is 6.11. The highest BCUT2D eigenvalue weighted by molar-refractivity contribution is 5.98. The lowest BCUT2D eigenvalue weighted by atomic mass is 9.81. The van der Waals surface area contributed by atoms with Gasteiger partial charge in [-0.1, -0.05) is 24.3 Å². The molecule has 1 saturated carbocycles. The molecule has 1 atom stereocenters. The maximum absolute atomic E-state index is 13.7. The van der Waals surface area contributed by atoms with Crippen LogP contribution < -0.4 is 32.3 Å². The Morgan fingerprint density at radius 2 is 1.70 bits per heavy atom. The largest absolute Gasteiger partial charge is 0.344 e. The number of hydrogen-bond acceptors (Lipinski definition) is 8. The number of fused-ring (bicyclic) bond motifs is 1. The molecule has 0 unspecified atom stereocenters. The first-order valence-corrected chi connectivity index (χ1v) is 15.4. The van der Waals surface area contributed by atoms with E-state index < -0.39 is 6.04 Å². The molecule has 1 aliphatic heterocycles. The molecular weight excluding hydrogens is 558 g/mol. The first-order valence-electron chi connectivity index (χ1n) is 15.4. The number of carbonyl (C=O) groups excluding carboxylic acids is 2. The Labute approximate surface area is 255 Å². The summed E-state index contributed by atoms with van der Waals surface area (Å²) >= 11 is 0. The molecule has 0 bridgehead atoms. The van der Waals surface area contributed by atoms with Gasteiger partial charge in [-0.05, 0) is 67.5 Å². The van der Waals surface area contributed by atoms with Gasteiger partial charge in [0.2, 0.25) is 17.8 Å². The average Bonchev–Trinajstić information content (AvgIpc) is 3.44. The van der Waals surface area contributed by atoms with Crippen LogP contribution in [0.2, 0.25) is 0 Å². The monoisotopic (exact) mass is 597 g/mol. The molecule has 7 N–H and O–H groups in total. The van der Waals surface area contributed by atoms with Crippen LogP contribution in [0, 0.1) is 11.8 Å². The molecule has 3 heterocycles. The van der Waals surface area contributed by atoms with Gasteiger partial charge in [-0.2, -0.15) is 0 Å². The zero-order valence-electron chi connectivity index (χ0n) is 24.6. The van der Waals surface area contributed by atoms with Gasteiger partial charge in [0.1, 0.15) is 6.04 Å². The molecule has 2 amide bonds. The second kappa shape index (κ2) is 13.4. The number of nitrogens with one attached hydrogen (secondary N) is 5. The summed E-state index contributed by atoms with van der Waals surface area (Å²) in [5, 5.41) is 9.32. The summed E-state index contributed by atoms with van der Waals surface area (Å²) in [6.45, 7) is 4.20. The second-order valence-corrected chi connectivity index (χ2v) is 11.8. The van der Waals surface area contributed by atoms with E-state index >= 15 is 0 Å². The summed E-state index contributed by atoms with van der Waals surface area (Å²) in [7, 11) is 0. The zero-order valence-corrected chi connectivity index (χ0v) is 24.6. The average molecular weight is 598 g/mol. The lowest BCUT2D eigenvalue weighted by Crippen LogP contribution is -2.48. The van der Waals surface area contributed by atoms with Crippen LogP contribution in [0.3, 0.4) is 0 Å². The molecule has 12 nitrogen and oxygen atoms in total. The molecule has 1 aliphatic carbocycles. The molecule has 2 aliphatic rings. The molecule has 0 radical (unpaired) electrons. The lowest BCUT2D eigenvalue weighted by molar-refractivity contribution is -0.130. The summed E-state index contributed by atoms with van der Waals surface area (Å²) in [5.41, 5.74) is 9.99. The minimum atomic E-state index is -0.808. The van der Waals surface area contributed by atoms with E-state index in [4.69, 9.17) is 5.73 Å². The van der Waals surface area contributed by atoms with Crippen molar-refractivity contribution >= 4 is 34.5 Å². The number of aromatic amines is 2. The van der Waals surface area contributed by atoms with Crippen molar-refractivity contribution in [2.75, 3.05) is 42.9 Å². The van der Waals surface area contributed by atoms with E-state index in [-0.39, 0.29) is 23.4 Å². The molecule has 2 fully saturated rings. The predicted octanol–water partition coefficient (Wildman–Crippen LogP) is 2.15. The van der Waals surface area contributed by atoms with Gasteiger partial charge in [0.25, 0.3) is 0 Å². The van der Waals surface area contributed by atoms with Gasteiger partial charge >= 0.3 is 5.69 Å². The third kappa shape index (κ3) is 6.98. The fraction of sp³-hybridized carbons (Fsp3) is 0.406. The Morgan fingerprint density at radius 3 is 2.45 bits per heavy atom. The summed E-state index contributed by atoms with van der Waals surface area (Å²) < 4.78 is 0. The molecule has 44 heavy (non-hydrogen) atoms. The predicted molar refractivity (Wildman–Crippen MR) is 170 cm³/mol. The van der Waals surface area contributed by atoms with Crippen LogP contribution in [0.4, 0.5) is 11.6 Å². The van der Waals surface area contributed by atoms with E-state index in [2.05, 4.69) is 40.8 Å². The Kier molecular flexibility index (Phi) is 8.99. The van der Waals surface area contributed by atoms with Crippen molar-refractivity contribution in [2.24, 2.45) is 17.6 Å². The lowest BCUT2D eigenvalue weighted by Gasteiger charge is -2.28.